The largest absolute Gasteiger partial charge is 0.459 e. The zero-order valence-electron chi connectivity index (χ0n) is 15.7. The van der Waals surface area contributed by atoms with Gasteiger partial charge < -0.3 is 4.74 Å². The van der Waals surface area contributed by atoms with Crippen molar-refractivity contribution in [3.63, 3.8) is 0 Å². The topological polar surface area (TPSA) is 26.3 Å². The maximum absolute atomic E-state index is 13.0. The molecule has 2 heteroatoms. The van der Waals surface area contributed by atoms with E-state index >= 15 is 0 Å². The summed E-state index contributed by atoms with van der Waals surface area (Å²) < 4.78 is 6.15. The number of hydrogen-bond donors (Lipinski definition) is 0. The lowest BCUT2D eigenvalue weighted by Crippen LogP contribution is -2.43. The average molecular weight is 331 g/mol. The molecule has 2 nitrogen and oxygen atoms in total. The molecule has 0 aromatic heterocycles. The van der Waals surface area contributed by atoms with E-state index in [0.717, 1.165) is 60.7 Å². The van der Waals surface area contributed by atoms with E-state index in [0.29, 0.717) is 5.92 Å². The van der Waals surface area contributed by atoms with Crippen LogP contribution in [0.15, 0.2) is 0 Å². The SMILES string of the molecule is CC1C(C)C2CC1C1C3CC(C(=O)OC4(C)CCCCC4)C(C3)C21. The molecule has 0 aromatic carbocycles. The summed E-state index contributed by atoms with van der Waals surface area (Å²) in [6.07, 6.45) is 9.85. The minimum atomic E-state index is -0.160. The lowest BCUT2D eigenvalue weighted by Gasteiger charge is -2.43. The van der Waals surface area contributed by atoms with Gasteiger partial charge in [-0.05, 0) is 99.2 Å². The molecule has 9 atom stereocenters. The number of ether oxygens (including phenoxy) is 1. The quantitative estimate of drug-likeness (QED) is 0.522. The van der Waals surface area contributed by atoms with Gasteiger partial charge in [0.15, 0.2) is 0 Å². The molecule has 5 saturated carbocycles. The van der Waals surface area contributed by atoms with Gasteiger partial charge in [-0.2, -0.15) is 0 Å². The van der Waals surface area contributed by atoms with Crippen LogP contribution >= 0.6 is 0 Å². The summed E-state index contributed by atoms with van der Waals surface area (Å²) in [4.78, 5) is 13.0. The Morgan fingerprint density at radius 2 is 1.54 bits per heavy atom. The molecule has 5 aliphatic rings. The van der Waals surface area contributed by atoms with Gasteiger partial charge in [-0.25, -0.2) is 0 Å². The molecule has 5 rings (SSSR count). The van der Waals surface area contributed by atoms with Crippen LogP contribution in [0, 0.1) is 53.3 Å². The first-order valence-electron chi connectivity index (χ1n) is 10.7. The molecule has 0 amide bonds. The predicted octanol–water partition coefficient (Wildman–Crippen LogP) is 5.06. The van der Waals surface area contributed by atoms with Crippen molar-refractivity contribution in [1.82, 2.24) is 0 Å². The van der Waals surface area contributed by atoms with Crippen molar-refractivity contribution in [1.29, 1.82) is 0 Å². The van der Waals surface area contributed by atoms with Gasteiger partial charge in [0.05, 0.1) is 5.92 Å². The average Bonchev–Trinajstić information content (AvgIpc) is 3.27. The van der Waals surface area contributed by atoms with Crippen LogP contribution < -0.4 is 0 Å². The zero-order chi connectivity index (χ0) is 16.6. The number of carbonyl (C=O) groups excluding carboxylic acids is 1. The highest BCUT2D eigenvalue weighted by atomic mass is 16.6. The molecule has 0 N–H and O–H groups in total. The number of esters is 1. The Bertz CT molecular complexity index is 534. The summed E-state index contributed by atoms with van der Waals surface area (Å²) in [6, 6.07) is 0. The van der Waals surface area contributed by atoms with Crippen LogP contribution in [0.1, 0.15) is 72.1 Å². The summed E-state index contributed by atoms with van der Waals surface area (Å²) in [5, 5.41) is 0. The van der Waals surface area contributed by atoms with Crippen LogP contribution in [-0.2, 0) is 9.53 Å². The van der Waals surface area contributed by atoms with E-state index in [1.165, 1.54) is 32.1 Å². The standard InChI is InChI=1S/C22H34O2/c1-12-13(2)16-11-15(12)19-14-9-17(20(16)19)18(10-14)21(23)24-22(3)7-5-4-6-8-22/h12-20H,4-11H2,1-3H3. The van der Waals surface area contributed by atoms with Crippen molar-refractivity contribution < 1.29 is 9.53 Å². The van der Waals surface area contributed by atoms with E-state index in [-0.39, 0.29) is 17.5 Å². The van der Waals surface area contributed by atoms with Gasteiger partial charge in [0, 0.05) is 0 Å². The van der Waals surface area contributed by atoms with Gasteiger partial charge >= 0.3 is 5.97 Å². The molecule has 0 aliphatic heterocycles. The number of carbonyl (C=O) groups is 1. The third kappa shape index (κ3) is 2.04. The van der Waals surface area contributed by atoms with Crippen molar-refractivity contribution in [2.75, 3.05) is 0 Å². The third-order valence-corrected chi connectivity index (χ3v) is 9.41. The Kier molecular flexibility index (Phi) is 3.43. The highest BCUT2D eigenvalue weighted by Gasteiger charge is 2.67. The molecule has 24 heavy (non-hydrogen) atoms. The van der Waals surface area contributed by atoms with Gasteiger partial charge in [-0.3, -0.25) is 4.79 Å². The van der Waals surface area contributed by atoms with Gasteiger partial charge in [0.1, 0.15) is 5.60 Å². The molecule has 134 valence electrons. The van der Waals surface area contributed by atoms with Crippen LogP contribution in [0.25, 0.3) is 0 Å². The monoisotopic (exact) mass is 330 g/mol. The Hall–Kier alpha value is -0.530. The highest BCUT2D eigenvalue weighted by molar-refractivity contribution is 5.74. The van der Waals surface area contributed by atoms with E-state index in [9.17, 15) is 4.79 Å². The molecule has 0 heterocycles. The van der Waals surface area contributed by atoms with Crippen LogP contribution in [0.4, 0.5) is 0 Å². The van der Waals surface area contributed by atoms with Crippen molar-refractivity contribution in [2.45, 2.75) is 77.7 Å². The van der Waals surface area contributed by atoms with Crippen molar-refractivity contribution >= 4 is 5.97 Å². The fourth-order valence-corrected chi connectivity index (χ4v) is 8.22. The Morgan fingerprint density at radius 3 is 2.25 bits per heavy atom. The second-order valence-corrected chi connectivity index (χ2v) is 10.4. The Labute approximate surface area is 147 Å². The van der Waals surface area contributed by atoms with Gasteiger partial charge in [0.25, 0.3) is 0 Å². The molecule has 4 bridgehead atoms. The molecular weight excluding hydrogens is 296 g/mol. The highest BCUT2D eigenvalue weighted by Crippen LogP contribution is 2.71. The number of fused-ring (bicyclic) bond motifs is 9. The van der Waals surface area contributed by atoms with Gasteiger partial charge in [0.2, 0.25) is 0 Å². The van der Waals surface area contributed by atoms with E-state index in [4.69, 9.17) is 4.74 Å². The molecule has 0 spiro atoms. The first-order chi connectivity index (χ1) is 11.5. The first-order valence-corrected chi connectivity index (χ1v) is 10.7. The number of hydrogen-bond acceptors (Lipinski definition) is 2. The zero-order valence-corrected chi connectivity index (χ0v) is 15.7. The molecule has 5 fully saturated rings. The summed E-state index contributed by atoms with van der Waals surface area (Å²) in [5.41, 5.74) is -0.160. The molecule has 9 unspecified atom stereocenters. The maximum atomic E-state index is 13.0. The number of rotatable bonds is 2. The summed E-state index contributed by atoms with van der Waals surface area (Å²) >= 11 is 0. The van der Waals surface area contributed by atoms with Crippen molar-refractivity contribution in [2.24, 2.45) is 53.3 Å². The summed E-state index contributed by atoms with van der Waals surface area (Å²) in [7, 11) is 0. The fraction of sp³-hybridized carbons (Fsp3) is 0.955. The predicted molar refractivity (Wildman–Crippen MR) is 94.2 cm³/mol. The summed E-state index contributed by atoms with van der Waals surface area (Å²) in [6.45, 7) is 7.16. The summed E-state index contributed by atoms with van der Waals surface area (Å²) in [5.74, 6) is 7.39. The molecule has 0 radical (unpaired) electrons. The lowest BCUT2D eigenvalue weighted by atomic mass is 9.62. The second kappa shape index (κ2) is 5.24. The van der Waals surface area contributed by atoms with E-state index in [2.05, 4.69) is 20.8 Å². The minimum absolute atomic E-state index is 0.160. The van der Waals surface area contributed by atoms with Crippen LogP contribution in [0.5, 0.6) is 0 Å². The maximum Gasteiger partial charge on any atom is 0.309 e. The van der Waals surface area contributed by atoms with Crippen molar-refractivity contribution in [3.8, 4) is 0 Å². The van der Waals surface area contributed by atoms with Gasteiger partial charge in [-0.1, -0.05) is 20.3 Å². The van der Waals surface area contributed by atoms with Crippen LogP contribution in [-0.4, -0.2) is 11.6 Å². The fourth-order valence-electron chi connectivity index (χ4n) is 8.22. The molecular formula is C22H34O2. The van der Waals surface area contributed by atoms with Crippen molar-refractivity contribution in [3.05, 3.63) is 0 Å². The Morgan fingerprint density at radius 1 is 0.875 bits per heavy atom. The normalized spacial score (nSPS) is 54.0. The lowest BCUT2D eigenvalue weighted by molar-refractivity contribution is -0.170. The van der Waals surface area contributed by atoms with Gasteiger partial charge in [-0.15, -0.1) is 0 Å². The smallest absolute Gasteiger partial charge is 0.309 e. The van der Waals surface area contributed by atoms with Crippen LogP contribution in [0.2, 0.25) is 0 Å². The first kappa shape index (κ1) is 15.7. The molecule has 5 aliphatic carbocycles. The minimum Gasteiger partial charge on any atom is -0.459 e. The van der Waals surface area contributed by atoms with E-state index in [1.54, 1.807) is 0 Å². The molecule has 0 saturated heterocycles. The van der Waals surface area contributed by atoms with E-state index in [1.807, 2.05) is 0 Å². The van der Waals surface area contributed by atoms with E-state index < -0.39 is 0 Å². The third-order valence-electron chi connectivity index (χ3n) is 9.41. The Balaban J connectivity index is 1.31. The molecule has 0 aromatic rings. The van der Waals surface area contributed by atoms with Crippen LogP contribution in [0.3, 0.4) is 0 Å². The second-order valence-electron chi connectivity index (χ2n) is 10.4.